The lowest BCUT2D eigenvalue weighted by Crippen LogP contribution is -2.51. The van der Waals surface area contributed by atoms with Crippen LogP contribution in [0.25, 0.3) is 20.7 Å². The highest BCUT2D eigenvalue weighted by Crippen LogP contribution is 2.63. The summed E-state index contributed by atoms with van der Waals surface area (Å²) in [6, 6.07) is 12.5. The minimum Gasteiger partial charge on any atom is -0.508 e. The third kappa shape index (κ3) is 4.72. The molecule has 4 amide bonds. The number of carbonyl (C=O) groups is 4. The van der Waals surface area contributed by atoms with Gasteiger partial charge in [-0.15, -0.1) is 11.3 Å². The first-order chi connectivity index (χ1) is 25.1. The Bertz CT molecular complexity index is 2400. The number of benzene rings is 2. The maximum Gasteiger partial charge on any atom is 0.242 e. The van der Waals surface area contributed by atoms with Gasteiger partial charge in [-0.2, -0.15) is 5.10 Å². The van der Waals surface area contributed by atoms with Gasteiger partial charge in [-0.25, -0.2) is 4.90 Å². The molecule has 2 aromatic heterocycles. The Hall–Kier alpha value is -4.74. The Kier molecular flexibility index (Phi) is 7.31. The van der Waals surface area contributed by atoms with Crippen LogP contribution in [-0.4, -0.2) is 49.0 Å². The molecule has 53 heavy (non-hydrogen) atoms. The molecule has 2 aliphatic carbocycles. The molecule has 1 N–H and O–H groups in total. The van der Waals surface area contributed by atoms with E-state index in [9.17, 15) is 19.5 Å². The quantitative estimate of drug-likeness (QED) is 0.172. The summed E-state index contributed by atoms with van der Waals surface area (Å²) < 4.78 is 8.77. The number of rotatable bonds is 3. The van der Waals surface area contributed by atoms with Gasteiger partial charge in [0.15, 0.2) is 0 Å². The molecule has 6 atom stereocenters. The molecule has 0 radical (unpaired) electrons. The van der Waals surface area contributed by atoms with Gasteiger partial charge in [-0.05, 0) is 106 Å². The average molecular weight is 751 g/mol. The van der Waals surface area contributed by atoms with E-state index in [2.05, 4.69) is 0 Å². The number of hydrogen-bond donors (Lipinski definition) is 1. The van der Waals surface area contributed by atoms with Crippen molar-refractivity contribution in [1.29, 1.82) is 0 Å². The van der Waals surface area contributed by atoms with Gasteiger partial charge in [-0.1, -0.05) is 23.3 Å². The molecule has 9 rings (SSSR count). The fourth-order valence-corrected chi connectivity index (χ4v) is 11.3. The first-order valence-corrected chi connectivity index (χ1v) is 19.2. The fourth-order valence-electron chi connectivity index (χ4n) is 9.94. The largest absolute Gasteiger partial charge is 0.508 e. The third-order valence-corrected chi connectivity index (χ3v) is 13.8. The van der Waals surface area contributed by atoms with Gasteiger partial charge in [0.25, 0.3) is 0 Å². The van der Waals surface area contributed by atoms with Crippen LogP contribution in [0.1, 0.15) is 51.7 Å². The van der Waals surface area contributed by atoms with Crippen LogP contribution in [0, 0.1) is 41.9 Å². The Morgan fingerprint density at radius 2 is 1.79 bits per heavy atom. The van der Waals surface area contributed by atoms with E-state index in [1.54, 1.807) is 53.6 Å². The van der Waals surface area contributed by atoms with Crippen LogP contribution < -0.4 is 9.64 Å². The molecule has 3 aliphatic heterocycles. The van der Waals surface area contributed by atoms with Gasteiger partial charge in [0.2, 0.25) is 23.6 Å². The van der Waals surface area contributed by atoms with Crippen molar-refractivity contribution >= 4 is 62.5 Å². The molecule has 2 aromatic carbocycles. The van der Waals surface area contributed by atoms with E-state index >= 15 is 4.79 Å². The number of anilines is 1. The number of aromatic hydroxyl groups is 1. The second kappa shape index (κ2) is 11.4. The monoisotopic (exact) mass is 750 g/mol. The number of nitrogens with zero attached hydrogens (tertiary/aromatic N) is 4. The zero-order valence-electron chi connectivity index (χ0n) is 30.3. The Morgan fingerprint density at radius 1 is 1.02 bits per heavy atom. The summed E-state index contributed by atoms with van der Waals surface area (Å²) in [5, 5.41) is 16.8. The summed E-state index contributed by atoms with van der Waals surface area (Å²) in [6.45, 7) is 9.47. The number of carbonyl (C=O) groups excluding carboxylic acids is 4. The predicted molar refractivity (Wildman–Crippen MR) is 201 cm³/mol. The maximum absolute atomic E-state index is 15.2. The molecular formula is C41H39ClN4O6S. The van der Waals surface area contributed by atoms with E-state index in [1.165, 1.54) is 9.80 Å². The predicted octanol–water partition coefficient (Wildman–Crippen LogP) is 7.35. The van der Waals surface area contributed by atoms with Gasteiger partial charge in [-0.3, -0.25) is 28.8 Å². The van der Waals surface area contributed by atoms with Crippen LogP contribution in [0.15, 0.2) is 65.9 Å². The van der Waals surface area contributed by atoms with Crippen molar-refractivity contribution in [2.75, 3.05) is 4.90 Å². The molecule has 4 aromatic rings. The van der Waals surface area contributed by atoms with Crippen molar-refractivity contribution in [3.8, 4) is 22.1 Å². The number of aryl methyl sites for hydroxylation is 2. The average Bonchev–Trinajstić information content (AvgIpc) is 3.77. The Morgan fingerprint density at radius 3 is 2.55 bits per heavy atom. The summed E-state index contributed by atoms with van der Waals surface area (Å²) >= 11 is 7.90. The van der Waals surface area contributed by atoms with Gasteiger partial charge in [0.05, 0.1) is 34.3 Å². The first kappa shape index (κ1) is 34.1. The summed E-state index contributed by atoms with van der Waals surface area (Å²) in [5.74, 6) is -3.03. The Labute approximate surface area is 315 Å². The molecule has 5 heterocycles. The summed E-state index contributed by atoms with van der Waals surface area (Å²) in [6.07, 6.45) is 4.72. The van der Waals surface area contributed by atoms with E-state index in [-0.39, 0.29) is 35.8 Å². The van der Waals surface area contributed by atoms with Crippen molar-refractivity contribution in [2.45, 2.75) is 59.4 Å². The van der Waals surface area contributed by atoms with Crippen LogP contribution in [0.4, 0.5) is 5.82 Å². The molecule has 3 fully saturated rings. The molecule has 0 spiro atoms. The lowest BCUT2D eigenvalue weighted by Gasteiger charge is -2.50. The molecule has 5 aliphatic rings. The lowest BCUT2D eigenvalue weighted by atomic mass is 9.51. The van der Waals surface area contributed by atoms with Gasteiger partial charge < -0.3 is 9.84 Å². The molecular weight excluding hydrogens is 712 g/mol. The normalized spacial score (nSPS) is 28.1. The van der Waals surface area contributed by atoms with Crippen LogP contribution in [0.3, 0.4) is 0 Å². The number of allylic oxidation sites excluding steroid dienone is 3. The smallest absolute Gasteiger partial charge is 0.242 e. The van der Waals surface area contributed by atoms with E-state index < -0.39 is 40.5 Å². The lowest BCUT2D eigenvalue weighted by molar-refractivity contribution is -0.146. The van der Waals surface area contributed by atoms with Crippen LogP contribution in [0.5, 0.6) is 11.5 Å². The van der Waals surface area contributed by atoms with Gasteiger partial charge in [0.1, 0.15) is 23.0 Å². The van der Waals surface area contributed by atoms with E-state index in [1.807, 2.05) is 58.9 Å². The zero-order chi connectivity index (χ0) is 37.5. The number of aromatic nitrogens is 2. The zero-order valence-corrected chi connectivity index (χ0v) is 31.8. The topological polar surface area (TPSA) is 122 Å². The number of ether oxygens (including phenoxy) is 1. The molecule has 272 valence electrons. The van der Waals surface area contributed by atoms with Crippen molar-refractivity contribution in [2.24, 2.45) is 42.1 Å². The highest BCUT2D eigenvalue weighted by molar-refractivity contribution is 7.22. The molecule has 0 bridgehead atoms. The fraction of sp³-hybridized carbons (Fsp3) is 0.390. The second-order valence-electron chi connectivity index (χ2n) is 16.3. The standard InChI is InChI=1S/C41H39ClN4O6S/c1-19-26-15-22(42)7-12-31(26)53-35(19)29-17-32(44(6)43-29)45-37(49)28-16-27-24(9-10-25-33(27)38(50)46(36(25)48)40(2,3)4)34(41(28,5)39(45)51)21-13-20-14-23(47)8-11-30(20)52-18-21/h7-9,11-12,14-15,17-18,25,27-28,33-34,47H,10,13,16H2,1-6H3. The molecule has 2 saturated heterocycles. The highest BCUT2D eigenvalue weighted by atomic mass is 35.5. The number of imide groups is 2. The number of halogens is 1. The third-order valence-electron chi connectivity index (χ3n) is 12.3. The van der Waals surface area contributed by atoms with Crippen LogP contribution in [-0.2, 0) is 32.6 Å². The van der Waals surface area contributed by atoms with Crippen molar-refractivity contribution in [3.63, 3.8) is 0 Å². The maximum atomic E-state index is 15.2. The minimum atomic E-state index is -1.24. The number of fused-ring (bicyclic) bond motifs is 6. The summed E-state index contributed by atoms with van der Waals surface area (Å²) in [5.41, 5.74) is 2.15. The van der Waals surface area contributed by atoms with Gasteiger partial charge in [0, 0.05) is 46.3 Å². The van der Waals surface area contributed by atoms with Crippen LogP contribution in [0.2, 0.25) is 5.02 Å². The van der Waals surface area contributed by atoms with Crippen LogP contribution >= 0.6 is 22.9 Å². The number of hydrogen-bond acceptors (Lipinski definition) is 8. The first-order valence-electron chi connectivity index (χ1n) is 18.0. The minimum absolute atomic E-state index is 0.0959. The second-order valence-corrected chi connectivity index (χ2v) is 17.8. The number of thiophene rings is 1. The van der Waals surface area contributed by atoms with E-state index in [4.69, 9.17) is 21.4 Å². The number of phenolic OH excluding ortho intramolecular Hbond substituents is 1. The molecule has 10 nitrogen and oxygen atoms in total. The summed E-state index contributed by atoms with van der Waals surface area (Å²) in [7, 11) is 1.73. The molecule has 1 saturated carbocycles. The van der Waals surface area contributed by atoms with E-state index in [0.717, 1.165) is 37.2 Å². The number of amides is 4. The van der Waals surface area contributed by atoms with Crippen molar-refractivity contribution in [1.82, 2.24) is 14.7 Å². The number of phenols is 1. The molecule has 12 heteroatoms. The SMILES string of the molecule is Cc1c(-c2cc(N3C(=O)C4CC5C(=CCC6C(=O)N(C(C)(C)C)C(=O)C65)C(C5=COc6ccc(O)cc6C5)C4(C)C3=O)n(C)n2)sc2ccc(Cl)cc12. The van der Waals surface area contributed by atoms with Crippen molar-refractivity contribution in [3.05, 3.63) is 82.1 Å². The number of likely N-dealkylation sites (tertiary alicyclic amines) is 1. The molecule has 6 unspecified atom stereocenters. The Balaban J connectivity index is 1.16. The van der Waals surface area contributed by atoms with E-state index in [0.29, 0.717) is 35.1 Å². The summed E-state index contributed by atoms with van der Waals surface area (Å²) in [4.78, 5) is 61.7. The highest BCUT2D eigenvalue weighted by Gasteiger charge is 2.68. The van der Waals surface area contributed by atoms with Gasteiger partial charge >= 0.3 is 0 Å². The van der Waals surface area contributed by atoms with Crippen molar-refractivity contribution < 1.29 is 29.0 Å².